The van der Waals surface area contributed by atoms with E-state index in [4.69, 9.17) is 9.26 Å². The summed E-state index contributed by atoms with van der Waals surface area (Å²) >= 11 is 0. The SMILES string of the molecule is Cc1cc(N2C[C@]34C=C[C@@H](O3)[C@@H](C(=O)Nc3ccccc3)[C@@H]4C2=O)no1. The van der Waals surface area contributed by atoms with Crippen molar-refractivity contribution in [3.8, 4) is 0 Å². The topological polar surface area (TPSA) is 84.7 Å². The molecule has 4 heterocycles. The molecular formula is C19H17N3O4. The number of rotatable bonds is 3. The molecule has 2 aromatic rings. The number of nitrogens with zero attached hydrogens (tertiary/aromatic N) is 2. The first-order valence-electron chi connectivity index (χ1n) is 8.55. The first-order valence-corrected chi connectivity index (χ1v) is 8.55. The van der Waals surface area contributed by atoms with Crippen LogP contribution in [0.4, 0.5) is 11.5 Å². The summed E-state index contributed by atoms with van der Waals surface area (Å²) in [6, 6.07) is 10.9. The summed E-state index contributed by atoms with van der Waals surface area (Å²) in [5, 5.41) is 6.84. The lowest BCUT2D eigenvalue weighted by atomic mass is 9.77. The van der Waals surface area contributed by atoms with Crippen LogP contribution in [0.15, 0.2) is 53.1 Å². The summed E-state index contributed by atoms with van der Waals surface area (Å²) in [7, 11) is 0. The molecule has 26 heavy (non-hydrogen) atoms. The van der Waals surface area contributed by atoms with Gasteiger partial charge in [0, 0.05) is 11.8 Å². The molecule has 1 aromatic heterocycles. The van der Waals surface area contributed by atoms with Crippen LogP contribution in [0.5, 0.6) is 0 Å². The van der Waals surface area contributed by atoms with Gasteiger partial charge in [-0.3, -0.25) is 14.5 Å². The Morgan fingerprint density at radius 3 is 2.88 bits per heavy atom. The Labute approximate surface area is 149 Å². The first kappa shape index (κ1) is 15.3. The molecule has 0 radical (unpaired) electrons. The number of hydrogen-bond donors (Lipinski definition) is 1. The molecule has 4 atom stereocenters. The van der Waals surface area contributed by atoms with E-state index in [2.05, 4.69) is 10.5 Å². The van der Waals surface area contributed by atoms with Gasteiger partial charge in [-0.05, 0) is 19.1 Å². The second-order valence-electron chi connectivity index (χ2n) is 6.98. The number of para-hydroxylation sites is 1. The van der Waals surface area contributed by atoms with Crippen LogP contribution >= 0.6 is 0 Å². The van der Waals surface area contributed by atoms with Crippen LogP contribution in [-0.2, 0) is 14.3 Å². The maximum atomic E-state index is 13.1. The lowest BCUT2D eigenvalue weighted by Crippen LogP contribution is -2.41. The third-order valence-corrected chi connectivity index (χ3v) is 5.34. The van der Waals surface area contributed by atoms with Gasteiger partial charge in [-0.1, -0.05) is 35.5 Å². The lowest BCUT2D eigenvalue weighted by Gasteiger charge is -2.23. The van der Waals surface area contributed by atoms with Crippen molar-refractivity contribution < 1.29 is 18.8 Å². The second-order valence-corrected chi connectivity index (χ2v) is 6.98. The van der Waals surface area contributed by atoms with Crippen LogP contribution in [0, 0.1) is 18.8 Å². The number of aryl methyl sites for hydroxylation is 1. The first-order chi connectivity index (χ1) is 12.6. The Kier molecular flexibility index (Phi) is 3.12. The van der Waals surface area contributed by atoms with E-state index in [0.717, 1.165) is 0 Å². The molecule has 1 spiro atoms. The van der Waals surface area contributed by atoms with E-state index in [1.54, 1.807) is 17.9 Å². The van der Waals surface area contributed by atoms with Crippen LogP contribution in [0.25, 0.3) is 0 Å². The Bertz CT molecular complexity index is 922. The number of anilines is 2. The number of ether oxygens (including phenoxy) is 1. The Hall–Kier alpha value is -2.93. The van der Waals surface area contributed by atoms with Gasteiger partial charge in [-0.25, -0.2) is 0 Å². The fourth-order valence-electron chi connectivity index (χ4n) is 4.22. The summed E-state index contributed by atoms with van der Waals surface area (Å²) in [5.74, 6) is -0.397. The molecule has 2 bridgehead atoms. The normalized spacial score (nSPS) is 31.5. The van der Waals surface area contributed by atoms with Crippen LogP contribution in [0.1, 0.15) is 5.76 Å². The van der Waals surface area contributed by atoms with Crippen molar-refractivity contribution in [2.75, 3.05) is 16.8 Å². The fourth-order valence-corrected chi connectivity index (χ4v) is 4.22. The molecule has 3 aliphatic rings. The molecule has 2 fully saturated rings. The highest BCUT2D eigenvalue weighted by Crippen LogP contribution is 2.52. The van der Waals surface area contributed by atoms with Crippen molar-refractivity contribution in [2.24, 2.45) is 11.8 Å². The zero-order valence-corrected chi connectivity index (χ0v) is 14.1. The molecular weight excluding hydrogens is 334 g/mol. The van der Waals surface area contributed by atoms with E-state index in [-0.39, 0.29) is 17.9 Å². The van der Waals surface area contributed by atoms with Gasteiger partial charge in [0.15, 0.2) is 5.82 Å². The van der Waals surface area contributed by atoms with E-state index in [0.29, 0.717) is 23.8 Å². The average Bonchev–Trinajstić information content (AvgIpc) is 3.37. The lowest BCUT2D eigenvalue weighted by molar-refractivity contribution is -0.128. The molecule has 1 N–H and O–H groups in total. The molecule has 2 amide bonds. The van der Waals surface area contributed by atoms with E-state index in [1.165, 1.54) is 0 Å². The van der Waals surface area contributed by atoms with Gasteiger partial charge in [-0.2, -0.15) is 0 Å². The maximum absolute atomic E-state index is 13.1. The van der Waals surface area contributed by atoms with Gasteiger partial charge in [0.05, 0.1) is 24.5 Å². The van der Waals surface area contributed by atoms with Crippen molar-refractivity contribution in [1.29, 1.82) is 0 Å². The molecule has 7 heteroatoms. The molecule has 0 aliphatic carbocycles. The predicted octanol–water partition coefficient (Wildman–Crippen LogP) is 1.91. The Balaban J connectivity index is 1.45. The second kappa shape index (κ2) is 5.28. The summed E-state index contributed by atoms with van der Waals surface area (Å²) in [5.41, 5.74) is -0.0689. The number of nitrogens with one attached hydrogen (secondary N) is 1. The van der Waals surface area contributed by atoms with Crippen LogP contribution in [0.3, 0.4) is 0 Å². The minimum absolute atomic E-state index is 0.154. The van der Waals surface area contributed by atoms with Gasteiger partial charge in [0.2, 0.25) is 11.8 Å². The maximum Gasteiger partial charge on any atom is 0.235 e. The van der Waals surface area contributed by atoms with E-state index in [1.807, 2.05) is 42.5 Å². The summed E-state index contributed by atoms with van der Waals surface area (Å²) in [6.45, 7) is 2.11. The number of aromatic nitrogens is 1. The average molecular weight is 351 g/mol. The standard InChI is InChI=1S/C19H17N3O4/c1-11-9-14(21-26-11)22-10-19-8-7-13(25-19)15(16(19)18(22)24)17(23)20-12-5-3-2-4-6-12/h2-9,13,15-16H,10H2,1H3,(H,20,23)/t13-,15-,16-,19+/m1/s1. The summed E-state index contributed by atoms with van der Waals surface area (Å²) < 4.78 is 11.2. The van der Waals surface area contributed by atoms with Crippen molar-refractivity contribution in [3.05, 3.63) is 54.3 Å². The van der Waals surface area contributed by atoms with Gasteiger partial charge in [-0.15, -0.1) is 0 Å². The fraction of sp³-hybridized carbons (Fsp3) is 0.316. The number of fused-ring (bicyclic) bond motifs is 1. The van der Waals surface area contributed by atoms with Crippen molar-refractivity contribution in [1.82, 2.24) is 5.16 Å². The van der Waals surface area contributed by atoms with E-state index in [9.17, 15) is 9.59 Å². The Morgan fingerprint density at radius 1 is 1.35 bits per heavy atom. The third-order valence-electron chi connectivity index (χ3n) is 5.34. The monoisotopic (exact) mass is 351 g/mol. The predicted molar refractivity (Wildman–Crippen MR) is 92.4 cm³/mol. The largest absolute Gasteiger partial charge is 0.360 e. The van der Waals surface area contributed by atoms with Gasteiger partial charge in [0.25, 0.3) is 0 Å². The van der Waals surface area contributed by atoms with Crippen molar-refractivity contribution >= 4 is 23.3 Å². The highest BCUT2D eigenvalue weighted by molar-refractivity contribution is 6.05. The number of amides is 2. The van der Waals surface area contributed by atoms with Crippen molar-refractivity contribution in [3.63, 3.8) is 0 Å². The molecule has 3 aliphatic heterocycles. The molecule has 0 saturated carbocycles. The zero-order chi connectivity index (χ0) is 17.9. The van der Waals surface area contributed by atoms with E-state index < -0.39 is 17.4 Å². The zero-order valence-electron chi connectivity index (χ0n) is 14.1. The molecule has 7 nitrogen and oxygen atoms in total. The van der Waals surface area contributed by atoms with E-state index >= 15 is 0 Å². The van der Waals surface area contributed by atoms with Crippen LogP contribution < -0.4 is 10.2 Å². The minimum Gasteiger partial charge on any atom is -0.360 e. The molecule has 132 valence electrons. The van der Waals surface area contributed by atoms with Crippen LogP contribution in [-0.4, -0.2) is 35.2 Å². The van der Waals surface area contributed by atoms with Gasteiger partial charge < -0.3 is 14.6 Å². The molecule has 2 saturated heterocycles. The summed E-state index contributed by atoms with van der Waals surface area (Å²) in [4.78, 5) is 27.6. The van der Waals surface area contributed by atoms with Gasteiger partial charge in [0.1, 0.15) is 11.4 Å². The smallest absolute Gasteiger partial charge is 0.235 e. The third kappa shape index (κ3) is 2.07. The summed E-state index contributed by atoms with van der Waals surface area (Å²) in [6.07, 6.45) is 3.42. The molecule has 5 rings (SSSR count). The number of carbonyl (C=O) groups excluding carboxylic acids is 2. The number of hydrogen-bond acceptors (Lipinski definition) is 5. The van der Waals surface area contributed by atoms with Gasteiger partial charge >= 0.3 is 0 Å². The molecule has 0 unspecified atom stereocenters. The highest BCUT2D eigenvalue weighted by Gasteiger charge is 2.67. The van der Waals surface area contributed by atoms with Crippen molar-refractivity contribution in [2.45, 2.75) is 18.6 Å². The highest BCUT2D eigenvalue weighted by atomic mass is 16.5. The van der Waals surface area contributed by atoms with Crippen LogP contribution in [0.2, 0.25) is 0 Å². The Morgan fingerprint density at radius 2 is 2.15 bits per heavy atom. The molecule has 1 aromatic carbocycles. The number of benzene rings is 1. The minimum atomic E-state index is -0.771. The number of carbonyl (C=O) groups is 2. The quantitative estimate of drug-likeness (QED) is 0.854.